The summed E-state index contributed by atoms with van der Waals surface area (Å²) in [6.45, 7) is 0. The van der Waals surface area contributed by atoms with Gasteiger partial charge >= 0.3 is 0 Å². The summed E-state index contributed by atoms with van der Waals surface area (Å²) in [5.74, 6) is 0. The van der Waals surface area contributed by atoms with Gasteiger partial charge in [-0.2, -0.15) is 21.1 Å². The van der Waals surface area contributed by atoms with Crippen LogP contribution in [0.4, 0.5) is 0 Å². The minimum atomic E-state index is 0.528. The van der Waals surface area contributed by atoms with Gasteiger partial charge in [0.15, 0.2) is 0 Å². The SMILES string of the molecule is c1ccc(-n2nnnc2S[C@H]2CC[C@H]3S[C@H]2CC[C@@H]3Sc2nnnn2-c2ccccc2)cc1. The number of para-hydroxylation sites is 2. The third-order valence-corrected chi connectivity index (χ3v) is 10.9. The first-order chi connectivity index (χ1) is 16.3. The first-order valence-electron chi connectivity index (χ1n) is 11.0. The fourth-order valence-corrected chi connectivity index (χ4v) is 9.05. The Morgan fingerprint density at radius 2 is 1.09 bits per heavy atom. The average molecular weight is 495 g/mol. The highest BCUT2D eigenvalue weighted by molar-refractivity contribution is 8.06. The summed E-state index contributed by atoms with van der Waals surface area (Å²) in [5, 5.41) is 29.0. The van der Waals surface area contributed by atoms with Crippen molar-refractivity contribution in [3.8, 4) is 11.4 Å². The molecule has 2 aliphatic rings. The van der Waals surface area contributed by atoms with Crippen LogP contribution in [0, 0.1) is 0 Å². The molecule has 0 N–H and O–H groups in total. The molecule has 2 fully saturated rings. The van der Waals surface area contributed by atoms with E-state index in [1.807, 2.05) is 93.6 Å². The number of hydrogen-bond acceptors (Lipinski definition) is 9. The Morgan fingerprint density at radius 1 is 0.636 bits per heavy atom. The van der Waals surface area contributed by atoms with Crippen molar-refractivity contribution in [1.29, 1.82) is 0 Å². The molecule has 4 aromatic rings. The molecule has 0 saturated carbocycles. The van der Waals surface area contributed by atoms with Gasteiger partial charge < -0.3 is 0 Å². The smallest absolute Gasteiger partial charge is 0.188 e. The number of aromatic nitrogens is 8. The van der Waals surface area contributed by atoms with Gasteiger partial charge in [0, 0.05) is 21.0 Å². The molecule has 168 valence electrons. The lowest BCUT2D eigenvalue weighted by molar-refractivity contribution is 0.506. The molecule has 4 heterocycles. The maximum Gasteiger partial charge on any atom is 0.214 e. The highest BCUT2D eigenvalue weighted by atomic mass is 32.2. The molecule has 0 unspecified atom stereocenters. The average Bonchev–Trinajstić information content (AvgIpc) is 3.53. The van der Waals surface area contributed by atoms with Crippen LogP contribution in [-0.2, 0) is 0 Å². The first kappa shape index (κ1) is 21.2. The van der Waals surface area contributed by atoms with Crippen LogP contribution in [0.3, 0.4) is 0 Å². The van der Waals surface area contributed by atoms with E-state index >= 15 is 0 Å². The molecule has 2 saturated heterocycles. The summed E-state index contributed by atoms with van der Waals surface area (Å²) in [7, 11) is 0. The largest absolute Gasteiger partial charge is 0.214 e. The molecule has 0 radical (unpaired) electrons. The Kier molecular flexibility index (Phi) is 6.08. The van der Waals surface area contributed by atoms with Gasteiger partial charge in [-0.15, -0.1) is 10.2 Å². The summed E-state index contributed by atoms with van der Waals surface area (Å²) >= 11 is 5.80. The van der Waals surface area contributed by atoms with Crippen LogP contribution in [0.25, 0.3) is 11.4 Å². The van der Waals surface area contributed by atoms with Gasteiger partial charge in [0.2, 0.25) is 10.3 Å². The standard InChI is InChI=1S/C22H22N8S3/c1-3-7-15(8-4-1)29-21(23-25-27-29)32-19-13-11-18-20(14-12-17(19)31-18)33-22-24-26-28-30(22)16-9-5-2-6-10-16/h1-10,17-20H,11-14H2/t17-,18+,19-,20-/m0/s1. The van der Waals surface area contributed by atoms with E-state index < -0.39 is 0 Å². The Morgan fingerprint density at radius 3 is 1.55 bits per heavy atom. The Labute approximate surface area is 204 Å². The zero-order chi connectivity index (χ0) is 22.0. The lowest BCUT2D eigenvalue weighted by atomic mass is 9.98. The van der Waals surface area contributed by atoms with E-state index in [0.717, 1.165) is 21.7 Å². The van der Waals surface area contributed by atoms with E-state index in [4.69, 9.17) is 0 Å². The molecule has 2 aromatic carbocycles. The molecule has 0 spiro atoms. The van der Waals surface area contributed by atoms with Crippen LogP contribution in [0.1, 0.15) is 25.7 Å². The zero-order valence-corrected chi connectivity index (χ0v) is 20.2. The molecule has 2 aliphatic heterocycles. The zero-order valence-electron chi connectivity index (χ0n) is 17.7. The molecule has 2 bridgehead atoms. The molecular weight excluding hydrogens is 472 g/mol. The van der Waals surface area contributed by atoms with Gasteiger partial charge in [-0.3, -0.25) is 0 Å². The summed E-state index contributed by atoms with van der Waals surface area (Å²) in [5.41, 5.74) is 2.00. The second kappa shape index (κ2) is 9.47. The molecule has 4 atom stereocenters. The number of nitrogens with zero attached hydrogens (tertiary/aromatic N) is 8. The van der Waals surface area contributed by atoms with Gasteiger partial charge in [0.05, 0.1) is 11.4 Å². The highest BCUT2D eigenvalue weighted by Gasteiger charge is 2.41. The number of tetrazole rings is 2. The number of hydrogen-bond donors (Lipinski definition) is 0. The summed E-state index contributed by atoms with van der Waals surface area (Å²) in [4.78, 5) is 0. The predicted octanol–water partition coefficient (Wildman–Crippen LogP) is 4.32. The summed E-state index contributed by atoms with van der Waals surface area (Å²) < 4.78 is 3.71. The molecular formula is C22H22N8S3. The van der Waals surface area contributed by atoms with Crippen LogP contribution in [0.5, 0.6) is 0 Å². The highest BCUT2D eigenvalue weighted by Crippen LogP contribution is 2.50. The molecule has 0 aliphatic carbocycles. The summed E-state index contributed by atoms with van der Waals surface area (Å²) in [6.07, 6.45) is 4.73. The maximum absolute atomic E-state index is 4.32. The van der Waals surface area contributed by atoms with Crippen molar-refractivity contribution in [2.24, 2.45) is 0 Å². The molecule has 33 heavy (non-hydrogen) atoms. The van der Waals surface area contributed by atoms with Gasteiger partial charge in [-0.25, -0.2) is 0 Å². The van der Waals surface area contributed by atoms with E-state index in [2.05, 4.69) is 42.8 Å². The number of benzene rings is 2. The van der Waals surface area contributed by atoms with Crippen LogP contribution in [0.2, 0.25) is 0 Å². The molecule has 11 heteroatoms. The third-order valence-electron chi connectivity index (χ3n) is 6.05. The Hall–Kier alpha value is -2.37. The van der Waals surface area contributed by atoms with Crippen LogP contribution < -0.4 is 0 Å². The minimum absolute atomic E-state index is 0.528. The van der Waals surface area contributed by atoms with E-state index in [0.29, 0.717) is 21.0 Å². The van der Waals surface area contributed by atoms with E-state index in [-0.39, 0.29) is 0 Å². The quantitative estimate of drug-likeness (QED) is 0.389. The van der Waals surface area contributed by atoms with Crippen LogP contribution in [-0.4, -0.2) is 61.4 Å². The van der Waals surface area contributed by atoms with Crippen molar-refractivity contribution in [1.82, 2.24) is 40.4 Å². The lowest BCUT2D eigenvalue weighted by Gasteiger charge is -2.43. The summed E-state index contributed by atoms with van der Waals surface area (Å²) in [6, 6.07) is 20.2. The van der Waals surface area contributed by atoms with Crippen molar-refractivity contribution in [2.45, 2.75) is 57.0 Å². The van der Waals surface area contributed by atoms with Gasteiger partial charge in [0.25, 0.3) is 0 Å². The van der Waals surface area contributed by atoms with Crippen molar-refractivity contribution >= 4 is 35.3 Å². The molecule has 6 rings (SSSR count). The number of rotatable bonds is 6. The lowest BCUT2D eigenvalue weighted by Crippen LogP contribution is -2.39. The first-order valence-corrected chi connectivity index (χ1v) is 13.7. The van der Waals surface area contributed by atoms with Crippen molar-refractivity contribution in [3.05, 3.63) is 60.7 Å². The van der Waals surface area contributed by atoms with E-state index in [9.17, 15) is 0 Å². The van der Waals surface area contributed by atoms with Crippen molar-refractivity contribution in [2.75, 3.05) is 0 Å². The second-order valence-corrected chi connectivity index (χ2v) is 12.0. The van der Waals surface area contributed by atoms with Crippen molar-refractivity contribution < 1.29 is 0 Å². The maximum atomic E-state index is 4.32. The van der Waals surface area contributed by atoms with Crippen LogP contribution in [0.15, 0.2) is 71.0 Å². The molecule has 8 nitrogen and oxygen atoms in total. The third kappa shape index (κ3) is 4.41. The van der Waals surface area contributed by atoms with Gasteiger partial charge in [-0.1, -0.05) is 59.9 Å². The Bertz CT molecular complexity index is 1100. The minimum Gasteiger partial charge on any atom is -0.188 e. The van der Waals surface area contributed by atoms with Gasteiger partial charge in [0.1, 0.15) is 0 Å². The van der Waals surface area contributed by atoms with Crippen LogP contribution >= 0.6 is 35.3 Å². The normalized spacial score (nSPS) is 24.6. The Balaban J connectivity index is 1.12. The second-order valence-electron chi connectivity index (χ2n) is 8.10. The topological polar surface area (TPSA) is 87.2 Å². The van der Waals surface area contributed by atoms with E-state index in [1.54, 1.807) is 0 Å². The van der Waals surface area contributed by atoms with E-state index in [1.165, 1.54) is 25.7 Å². The number of thioether (sulfide) groups is 3. The monoisotopic (exact) mass is 494 g/mol. The number of fused-ring (bicyclic) bond motifs is 2. The van der Waals surface area contributed by atoms with Gasteiger partial charge in [-0.05, 0) is 70.8 Å². The fraction of sp³-hybridized carbons (Fsp3) is 0.364. The molecule has 0 amide bonds. The predicted molar refractivity (Wildman–Crippen MR) is 131 cm³/mol. The van der Waals surface area contributed by atoms with Crippen molar-refractivity contribution in [3.63, 3.8) is 0 Å². The fourth-order valence-electron chi connectivity index (χ4n) is 4.44. The molecule has 2 aromatic heterocycles.